The molecule has 0 aliphatic heterocycles. The van der Waals surface area contributed by atoms with Gasteiger partial charge in [-0.25, -0.2) is 0 Å². The van der Waals surface area contributed by atoms with Crippen molar-refractivity contribution in [2.24, 2.45) is 0 Å². The number of hydrogen-bond donors (Lipinski definition) is 0. The van der Waals surface area contributed by atoms with E-state index >= 15 is 0 Å². The molecule has 0 radical (unpaired) electrons. The van der Waals surface area contributed by atoms with Gasteiger partial charge in [0.2, 0.25) is 0 Å². The molecular formula is C10H4Cl2O2. The van der Waals surface area contributed by atoms with Gasteiger partial charge in [0.1, 0.15) is 0 Å². The Balaban J connectivity index is 3.37. The second-order valence-electron chi connectivity index (χ2n) is 2.45. The van der Waals surface area contributed by atoms with E-state index in [-0.39, 0.29) is 11.1 Å². The van der Waals surface area contributed by atoms with Crippen LogP contribution in [0.1, 0.15) is 26.3 Å². The predicted molar refractivity (Wildman–Crippen MR) is 54.7 cm³/mol. The van der Waals surface area contributed by atoms with E-state index in [1.807, 2.05) is 0 Å². The minimum atomic E-state index is -0.710. The first-order chi connectivity index (χ1) is 6.56. The Morgan fingerprint density at radius 2 is 1.86 bits per heavy atom. The van der Waals surface area contributed by atoms with Gasteiger partial charge in [-0.3, -0.25) is 9.59 Å². The quantitative estimate of drug-likeness (QED) is 0.574. The Hall–Kier alpha value is -1.30. The highest BCUT2D eigenvalue weighted by atomic mass is 35.5. The molecular weight excluding hydrogens is 223 g/mol. The van der Waals surface area contributed by atoms with Crippen molar-refractivity contribution in [2.75, 3.05) is 0 Å². The van der Waals surface area contributed by atoms with E-state index in [0.29, 0.717) is 5.56 Å². The number of carbonyl (C=O) groups excluding carboxylic acids is 2. The van der Waals surface area contributed by atoms with Crippen LogP contribution in [0.3, 0.4) is 0 Å². The molecule has 0 saturated heterocycles. The summed E-state index contributed by atoms with van der Waals surface area (Å²) in [6.07, 6.45) is 5.14. The van der Waals surface area contributed by atoms with Gasteiger partial charge >= 0.3 is 0 Å². The summed E-state index contributed by atoms with van der Waals surface area (Å²) < 4.78 is 0. The van der Waals surface area contributed by atoms with E-state index in [1.54, 1.807) is 0 Å². The average molecular weight is 227 g/mol. The topological polar surface area (TPSA) is 34.1 Å². The SMILES string of the molecule is C#Cc1ccc(C(=O)Cl)cc1C(=O)Cl. The lowest BCUT2D eigenvalue weighted by Gasteiger charge is -2.00. The van der Waals surface area contributed by atoms with Crippen LogP contribution in [0, 0.1) is 12.3 Å². The van der Waals surface area contributed by atoms with Crippen LogP contribution in [-0.4, -0.2) is 10.5 Å². The molecule has 0 aliphatic carbocycles. The molecule has 0 amide bonds. The highest BCUT2D eigenvalue weighted by Gasteiger charge is 2.11. The Morgan fingerprint density at radius 1 is 1.21 bits per heavy atom. The van der Waals surface area contributed by atoms with Crippen LogP contribution in [0.5, 0.6) is 0 Å². The first kappa shape index (κ1) is 10.8. The molecule has 0 N–H and O–H groups in total. The summed E-state index contributed by atoms with van der Waals surface area (Å²) in [5.41, 5.74) is 0.641. The van der Waals surface area contributed by atoms with Gasteiger partial charge in [0, 0.05) is 11.1 Å². The summed E-state index contributed by atoms with van der Waals surface area (Å²) in [5.74, 6) is 2.28. The normalized spacial score (nSPS) is 9.21. The van der Waals surface area contributed by atoms with Crippen molar-refractivity contribution in [1.29, 1.82) is 0 Å². The third-order valence-corrected chi connectivity index (χ3v) is 2.04. The molecule has 0 atom stereocenters. The first-order valence-corrected chi connectivity index (χ1v) is 4.32. The van der Waals surface area contributed by atoms with Gasteiger partial charge < -0.3 is 0 Å². The molecule has 0 heterocycles. The zero-order chi connectivity index (χ0) is 10.7. The zero-order valence-electron chi connectivity index (χ0n) is 6.88. The van der Waals surface area contributed by atoms with E-state index < -0.39 is 10.5 Å². The van der Waals surface area contributed by atoms with Crippen molar-refractivity contribution in [2.45, 2.75) is 0 Å². The van der Waals surface area contributed by atoms with Crippen molar-refractivity contribution in [1.82, 2.24) is 0 Å². The fraction of sp³-hybridized carbons (Fsp3) is 0. The fourth-order valence-corrected chi connectivity index (χ4v) is 1.23. The van der Waals surface area contributed by atoms with Crippen LogP contribution in [0.25, 0.3) is 0 Å². The summed E-state index contributed by atoms with van der Waals surface area (Å²) in [4.78, 5) is 21.7. The van der Waals surface area contributed by atoms with Crippen molar-refractivity contribution in [3.63, 3.8) is 0 Å². The standard InChI is InChI=1S/C10H4Cl2O2/c1-2-6-3-4-7(9(11)13)5-8(6)10(12)14/h1,3-5H. The summed E-state index contributed by atoms with van der Waals surface area (Å²) in [6.45, 7) is 0. The Morgan fingerprint density at radius 3 is 2.29 bits per heavy atom. The van der Waals surface area contributed by atoms with Crippen LogP contribution < -0.4 is 0 Å². The van der Waals surface area contributed by atoms with Gasteiger partial charge in [0.25, 0.3) is 10.5 Å². The zero-order valence-corrected chi connectivity index (χ0v) is 8.39. The number of halogens is 2. The second kappa shape index (κ2) is 4.28. The predicted octanol–water partition coefficient (Wildman–Crippen LogP) is 2.43. The molecule has 0 unspecified atom stereocenters. The third-order valence-electron chi connectivity index (χ3n) is 1.61. The number of hydrogen-bond acceptors (Lipinski definition) is 2. The number of benzene rings is 1. The number of carbonyl (C=O) groups is 2. The lowest BCUT2D eigenvalue weighted by molar-refractivity contribution is 0.107. The molecule has 1 aromatic carbocycles. The number of terminal acetylenes is 1. The molecule has 0 bridgehead atoms. The van der Waals surface area contributed by atoms with Gasteiger partial charge in [-0.05, 0) is 41.4 Å². The Labute approximate surface area is 90.8 Å². The molecule has 0 spiro atoms. The van der Waals surface area contributed by atoms with E-state index in [0.717, 1.165) is 0 Å². The van der Waals surface area contributed by atoms with Crippen LogP contribution in [-0.2, 0) is 0 Å². The Kier molecular flexibility index (Phi) is 3.29. The van der Waals surface area contributed by atoms with Crippen molar-refractivity contribution in [3.8, 4) is 12.3 Å². The molecule has 0 aliphatic rings. The maximum absolute atomic E-state index is 10.9. The van der Waals surface area contributed by atoms with Gasteiger partial charge in [0.05, 0.1) is 5.56 Å². The average Bonchev–Trinajstić information content (AvgIpc) is 2.16. The van der Waals surface area contributed by atoms with Gasteiger partial charge in [-0.2, -0.15) is 0 Å². The maximum Gasteiger partial charge on any atom is 0.253 e. The molecule has 0 fully saturated rings. The molecule has 0 aromatic heterocycles. The van der Waals surface area contributed by atoms with Crippen molar-refractivity contribution in [3.05, 3.63) is 34.9 Å². The summed E-state index contributed by atoms with van der Waals surface area (Å²) in [7, 11) is 0. The molecule has 0 saturated carbocycles. The lowest BCUT2D eigenvalue weighted by Crippen LogP contribution is -1.98. The molecule has 1 rings (SSSR count). The second-order valence-corrected chi connectivity index (χ2v) is 3.14. The van der Waals surface area contributed by atoms with Crippen LogP contribution in [0.15, 0.2) is 18.2 Å². The summed E-state index contributed by atoms with van der Waals surface area (Å²) in [5, 5.41) is -1.37. The van der Waals surface area contributed by atoms with E-state index in [1.165, 1.54) is 18.2 Å². The van der Waals surface area contributed by atoms with Crippen molar-refractivity contribution < 1.29 is 9.59 Å². The minimum Gasteiger partial charge on any atom is -0.276 e. The fourth-order valence-electron chi connectivity index (χ4n) is 0.955. The molecule has 14 heavy (non-hydrogen) atoms. The Bertz CT molecular complexity index is 444. The van der Waals surface area contributed by atoms with Crippen LogP contribution in [0.2, 0.25) is 0 Å². The third kappa shape index (κ3) is 2.14. The smallest absolute Gasteiger partial charge is 0.253 e. The van der Waals surface area contributed by atoms with E-state index in [9.17, 15) is 9.59 Å². The number of rotatable bonds is 2. The van der Waals surface area contributed by atoms with Crippen molar-refractivity contribution >= 4 is 33.7 Å². The van der Waals surface area contributed by atoms with Gasteiger partial charge in [0.15, 0.2) is 0 Å². The van der Waals surface area contributed by atoms with Crippen LogP contribution >= 0.6 is 23.2 Å². The monoisotopic (exact) mass is 226 g/mol. The largest absolute Gasteiger partial charge is 0.276 e. The summed E-state index contributed by atoms with van der Waals surface area (Å²) >= 11 is 10.5. The molecule has 1 aromatic rings. The van der Waals surface area contributed by atoms with E-state index in [2.05, 4.69) is 5.92 Å². The van der Waals surface area contributed by atoms with Gasteiger partial charge in [-0.1, -0.05) is 5.92 Å². The highest BCUT2D eigenvalue weighted by molar-refractivity contribution is 6.69. The molecule has 2 nitrogen and oxygen atoms in total. The van der Waals surface area contributed by atoms with Gasteiger partial charge in [-0.15, -0.1) is 6.42 Å². The lowest BCUT2D eigenvalue weighted by atomic mass is 10.1. The maximum atomic E-state index is 10.9. The summed E-state index contributed by atoms with van der Waals surface area (Å²) in [6, 6.07) is 4.17. The highest BCUT2D eigenvalue weighted by Crippen LogP contribution is 2.15. The molecule has 70 valence electrons. The van der Waals surface area contributed by atoms with E-state index in [4.69, 9.17) is 29.6 Å². The molecule has 4 heteroatoms. The minimum absolute atomic E-state index is 0.112. The van der Waals surface area contributed by atoms with Crippen LogP contribution in [0.4, 0.5) is 0 Å². The first-order valence-electron chi connectivity index (χ1n) is 3.56.